The summed E-state index contributed by atoms with van der Waals surface area (Å²) >= 11 is 0. The summed E-state index contributed by atoms with van der Waals surface area (Å²) in [5.41, 5.74) is 0.907. The van der Waals surface area contributed by atoms with Crippen LogP contribution in [0, 0.1) is 23.2 Å². The van der Waals surface area contributed by atoms with Gasteiger partial charge in [0, 0.05) is 12.0 Å². The monoisotopic (exact) mass is 382 g/mol. The molecule has 0 spiro atoms. The largest absolute Gasteiger partial charge is 0.370 e. The Morgan fingerprint density at radius 3 is 2.32 bits per heavy atom. The molecule has 28 heavy (non-hydrogen) atoms. The van der Waals surface area contributed by atoms with E-state index in [1.807, 2.05) is 35.2 Å². The molecular formula is C23H30N2O3. The molecule has 5 fully saturated rings. The van der Waals surface area contributed by atoms with Gasteiger partial charge in [0.15, 0.2) is 0 Å². The molecule has 5 heteroatoms. The zero-order valence-corrected chi connectivity index (χ0v) is 16.4. The molecule has 4 saturated carbocycles. The number of carbonyl (C=O) groups is 2. The number of benzene rings is 1. The molecule has 1 atom stereocenters. The van der Waals surface area contributed by atoms with Crippen LogP contribution in [0.3, 0.4) is 0 Å². The van der Waals surface area contributed by atoms with Crippen molar-refractivity contribution in [2.45, 2.75) is 44.6 Å². The van der Waals surface area contributed by atoms with Crippen molar-refractivity contribution in [3.05, 3.63) is 35.9 Å². The van der Waals surface area contributed by atoms with Crippen LogP contribution in [0.5, 0.6) is 0 Å². The Kier molecular flexibility index (Phi) is 4.66. The molecule has 6 rings (SSSR count). The van der Waals surface area contributed by atoms with Crippen LogP contribution in [-0.2, 0) is 14.3 Å². The zero-order chi connectivity index (χ0) is 19.1. The molecule has 1 aromatic rings. The van der Waals surface area contributed by atoms with Gasteiger partial charge in [-0.15, -0.1) is 0 Å². The highest BCUT2D eigenvalue weighted by molar-refractivity contribution is 5.88. The van der Waals surface area contributed by atoms with Crippen molar-refractivity contribution in [1.29, 1.82) is 0 Å². The summed E-state index contributed by atoms with van der Waals surface area (Å²) in [4.78, 5) is 27.7. The van der Waals surface area contributed by atoms with Crippen LogP contribution in [0.1, 0.15) is 50.2 Å². The van der Waals surface area contributed by atoms with Gasteiger partial charge in [0.05, 0.1) is 19.7 Å². The van der Waals surface area contributed by atoms with E-state index in [-0.39, 0.29) is 29.9 Å². The third kappa shape index (κ3) is 3.34. The first-order valence-corrected chi connectivity index (χ1v) is 10.8. The fraction of sp³-hybridized carbons (Fsp3) is 0.652. The third-order valence-corrected chi connectivity index (χ3v) is 7.51. The van der Waals surface area contributed by atoms with Gasteiger partial charge in [0.2, 0.25) is 11.8 Å². The molecule has 1 aromatic carbocycles. The molecule has 1 heterocycles. The first kappa shape index (κ1) is 18.2. The van der Waals surface area contributed by atoms with E-state index < -0.39 is 0 Å². The highest BCUT2D eigenvalue weighted by atomic mass is 16.5. The van der Waals surface area contributed by atoms with Crippen molar-refractivity contribution in [3.8, 4) is 0 Å². The maximum absolute atomic E-state index is 13.1. The Morgan fingerprint density at radius 1 is 1.04 bits per heavy atom. The SMILES string of the molecule is O=C(CNC(=O)C12CC3CC(CC(C3)C1)C2)N1CCO[C@@H](c2ccccc2)C1. The van der Waals surface area contributed by atoms with Crippen molar-refractivity contribution in [3.63, 3.8) is 0 Å². The lowest BCUT2D eigenvalue weighted by Crippen LogP contribution is -2.55. The Labute approximate surface area is 166 Å². The van der Waals surface area contributed by atoms with Gasteiger partial charge in [-0.05, 0) is 61.8 Å². The van der Waals surface area contributed by atoms with Crippen molar-refractivity contribution >= 4 is 11.8 Å². The summed E-state index contributed by atoms with van der Waals surface area (Å²) in [5, 5.41) is 3.02. The molecule has 1 aliphatic heterocycles. The van der Waals surface area contributed by atoms with Gasteiger partial charge in [0.25, 0.3) is 0 Å². The van der Waals surface area contributed by atoms with Crippen molar-refractivity contribution in [1.82, 2.24) is 10.2 Å². The topological polar surface area (TPSA) is 58.6 Å². The second-order valence-corrected chi connectivity index (χ2v) is 9.49. The third-order valence-electron chi connectivity index (χ3n) is 7.51. The second kappa shape index (κ2) is 7.18. The molecule has 1 saturated heterocycles. The van der Waals surface area contributed by atoms with Crippen LogP contribution in [0.4, 0.5) is 0 Å². The minimum Gasteiger partial charge on any atom is -0.370 e. The van der Waals surface area contributed by atoms with Crippen molar-refractivity contribution in [2.24, 2.45) is 23.2 Å². The molecule has 2 amide bonds. The van der Waals surface area contributed by atoms with Gasteiger partial charge < -0.3 is 15.0 Å². The minimum absolute atomic E-state index is 0.00214. The Hall–Kier alpha value is -1.88. The van der Waals surface area contributed by atoms with Crippen molar-refractivity contribution in [2.75, 3.05) is 26.2 Å². The van der Waals surface area contributed by atoms with Crippen LogP contribution in [0.25, 0.3) is 0 Å². The zero-order valence-electron chi connectivity index (χ0n) is 16.4. The molecule has 0 unspecified atom stereocenters. The average Bonchev–Trinajstić information content (AvgIpc) is 2.71. The number of ether oxygens (including phenoxy) is 1. The number of nitrogens with one attached hydrogen (secondary N) is 1. The lowest BCUT2D eigenvalue weighted by Gasteiger charge is -2.55. The molecule has 150 valence electrons. The van der Waals surface area contributed by atoms with Gasteiger partial charge in [-0.25, -0.2) is 0 Å². The Bertz CT molecular complexity index is 712. The van der Waals surface area contributed by atoms with E-state index in [0.717, 1.165) is 42.6 Å². The maximum Gasteiger partial charge on any atom is 0.242 e. The number of amides is 2. The summed E-state index contributed by atoms with van der Waals surface area (Å²) in [7, 11) is 0. The smallest absolute Gasteiger partial charge is 0.242 e. The van der Waals surface area contributed by atoms with E-state index in [1.165, 1.54) is 19.3 Å². The maximum atomic E-state index is 13.1. The van der Waals surface area contributed by atoms with E-state index >= 15 is 0 Å². The molecule has 1 N–H and O–H groups in total. The number of hydrogen-bond donors (Lipinski definition) is 1. The van der Waals surface area contributed by atoms with Gasteiger partial charge in [-0.3, -0.25) is 9.59 Å². The number of rotatable bonds is 4. The van der Waals surface area contributed by atoms with E-state index in [0.29, 0.717) is 19.7 Å². The summed E-state index contributed by atoms with van der Waals surface area (Å²) in [6.45, 7) is 1.79. The number of hydrogen-bond acceptors (Lipinski definition) is 3. The summed E-state index contributed by atoms with van der Waals surface area (Å²) in [6.07, 6.45) is 6.98. The van der Waals surface area contributed by atoms with Gasteiger partial charge in [-0.2, -0.15) is 0 Å². The van der Waals surface area contributed by atoms with Crippen molar-refractivity contribution < 1.29 is 14.3 Å². The Balaban J connectivity index is 1.18. The number of morpholine rings is 1. The lowest BCUT2D eigenvalue weighted by atomic mass is 9.49. The molecular weight excluding hydrogens is 352 g/mol. The average molecular weight is 383 g/mol. The van der Waals surface area contributed by atoms with Crippen LogP contribution in [0.2, 0.25) is 0 Å². The summed E-state index contributed by atoms with van der Waals surface area (Å²) in [6, 6.07) is 10.0. The fourth-order valence-electron chi connectivity index (χ4n) is 6.59. The molecule has 5 aliphatic rings. The highest BCUT2D eigenvalue weighted by Crippen LogP contribution is 2.60. The summed E-state index contributed by atoms with van der Waals surface area (Å²) in [5.74, 6) is 2.34. The first-order chi connectivity index (χ1) is 13.6. The summed E-state index contributed by atoms with van der Waals surface area (Å²) < 4.78 is 5.85. The highest BCUT2D eigenvalue weighted by Gasteiger charge is 2.54. The molecule has 5 nitrogen and oxygen atoms in total. The molecule has 4 aliphatic carbocycles. The van der Waals surface area contributed by atoms with Gasteiger partial charge in [0.1, 0.15) is 6.10 Å². The minimum atomic E-state index is -0.188. The van der Waals surface area contributed by atoms with Crippen LogP contribution < -0.4 is 5.32 Å². The van der Waals surface area contributed by atoms with E-state index in [2.05, 4.69) is 5.32 Å². The second-order valence-electron chi connectivity index (χ2n) is 9.49. The Morgan fingerprint density at radius 2 is 1.68 bits per heavy atom. The first-order valence-electron chi connectivity index (χ1n) is 10.8. The van der Waals surface area contributed by atoms with E-state index in [1.54, 1.807) is 0 Å². The molecule has 0 aromatic heterocycles. The van der Waals surface area contributed by atoms with Crippen LogP contribution in [-0.4, -0.2) is 43.0 Å². The van der Waals surface area contributed by atoms with Gasteiger partial charge in [-0.1, -0.05) is 30.3 Å². The molecule has 4 bridgehead atoms. The van der Waals surface area contributed by atoms with Crippen LogP contribution in [0.15, 0.2) is 30.3 Å². The fourth-order valence-corrected chi connectivity index (χ4v) is 6.59. The van der Waals surface area contributed by atoms with E-state index in [9.17, 15) is 9.59 Å². The predicted molar refractivity (Wildman–Crippen MR) is 105 cm³/mol. The molecule has 0 radical (unpaired) electrons. The standard InChI is InChI=1S/C23H30N2O3/c26-21(25-6-7-28-20(15-25)19-4-2-1-3-5-19)14-24-22(27)23-11-16-8-17(12-23)10-18(9-16)13-23/h1-5,16-18,20H,6-15H2,(H,24,27)/t16?,17?,18?,20-,23?/m1/s1. The number of nitrogens with zero attached hydrogens (tertiary/aromatic N) is 1. The number of carbonyl (C=O) groups excluding carboxylic acids is 2. The van der Waals surface area contributed by atoms with Gasteiger partial charge >= 0.3 is 0 Å². The lowest BCUT2D eigenvalue weighted by molar-refractivity contribution is -0.149. The predicted octanol–water partition coefficient (Wildman–Crippen LogP) is 2.92. The van der Waals surface area contributed by atoms with Crippen LogP contribution >= 0.6 is 0 Å². The van der Waals surface area contributed by atoms with E-state index in [4.69, 9.17) is 4.74 Å². The quantitative estimate of drug-likeness (QED) is 0.871. The normalized spacial score (nSPS) is 36.4.